The zero-order valence-corrected chi connectivity index (χ0v) is 21.4. The van der Waals surface area contributed by atoms with Gasteiger partial charge in [0, 0.05) is 44.0 Å². The number of nitrogens with one attached hydrogen (secondary N) is 2. The average molecular weight is 542 g/mol. The Morgan fingerprint density at radius 3 is 2.61 bits per heavy atom. The standard InChI is InChI=1S/C24H39N5O.HI/c1-2-25-24(27-17-20-10-13-26-23(16-20)30-18-19-8-9-19)28-21-11-14-29(15-12-21)22-6-4-3-5-7-22;/h10,13,16,19,21-22H,2-9,11-12,14-15,17-18H2,1H3,(H2,25,27,28);1H. The van der Waals surface area contributed by atoms with Crippen molar-refractivity contribution in [2.45, 2.75) is 83.3 Å². The molecule has 2 N–H and O–H groups in total. The minimum absolute atomic E-state index is 0. The Morgan fingerprint density at radius 2 is 1.90 bits per heavy atom. The smallest absolute Gasteiger partial charge is 0.213 e. The number of rotatable bonds is 8. The largest absolute Gasteiger partial charge is 0.477 e. The van der Waals surface area contributed by atoms with Crippen LogP contribution < -0.4 is 15.4 Å². The Labute approximate surface area is 205 Å². The van der Waals surface area contributed by atoms with Crippen LogP contribution in [0.5, 0.6) is 5.88 Å². The van der Waals surface area contributed by atoms with E-state index in [9.17, 15) is 0 Å². The molecule has 3 fully saturated rings. The molecule has 1 saturated heterocycles. The molecule has 3 aliphatic rings. The Bertz CT molecular complexity index is 682. The third kappa shape index (κ3) is 8.08. The summed E-state index contributed by atoms with van der Waals surface area (Å²) in [5.41, 5.74) is 1.14. The number of ether oxygens (including phenoxy) is 1. The van der Waals surface area contributed by atoms with Crippen molar-refractivity contribution < 1.29 is 4.74 Å². The van der Waals surface area contributed by atoms with Gasteiger partial charge in [0.15, 0.2) is 5.96 Å². The summed E-state index contributed by atoms with van der Waals surface area (Å²) in [6.45, 7) is 6.86. The van der Waals surface area contributed by atoms with Gasteiger partial charge in [-0.2, -0.15) is 0 Å². The van der Waals surface area contributed by atoms with Gasteiger partial charge in [-0.05, 0) is 63.0 Å². The summed E-state index contributed by atoms with van der Waals surface area (Å²) in [5.74, 6) is 2.39. The molecule has 4 rings (SSSR count). The fourth-order valence-electron chi connectivity index (χ4n) is 4.65. The molecule has 0 bridgehead atoms. The van der Waals surface area contributed by atoms with Crippen molar-refractivity contribution in [2.24, 2.45) is 10.9 Å². The maximum Gasteiger partial charge on any atom is 0.213 e. The first-order chi connectivity index (χ1) is 14.8. The molecule has 174 valence electrons. The molecule has 1 aliphatic heterocycles. The first-order valence-electron chi connectivity index (χ1n) is 12.2. The van der Waals surface area contributed by atoms with Crippen LogP contribution in [-0.4, -0.2) is 54.2 Å². The van der Waals surface area contributed by atoms with Crippen molar-refractivity contribution in [3.05, 3.63) is 23.9 Å². The van der Waals surface area contributed by atoms with E-state index in [0.717, 1.165) is 42.5 Å². The number of guanidine groups is 1. The van der Waals surface area contributed by atoms with E-state index in [-0.39, 0.29) is 24.0 Å². The van der Waals surface area contributed by atoms with Crippen molar-refractivity contribution in [2.75, 3.05) is 26.2 Å². The van der Waals surface area contributed by atoms with Crippen molar-refractivity contribution in [3.8, 4) is 5.88 Å². The van der Waals surface area contributed by atoms with Gasteiger partial charge in [0.2, 0.25) is 5.88 Å². The summed E-state index contributed by atoms with van der Waals surface area (Å²) in [5, 5.41) is 7.10. The Hall–Kier alpha value is -1.09. The quantitative estimate of drug-likeness (QED) is 0.291. The SMILES string of the molecule is CCNC(=NCc1ccnc(OCC2CC2)c1)NC1CCN(C2CCCCC2)CC1.I. The van der Waals surface area contributed by atoms with Crippen LogP contribution in [0.25, 0.3) is 0 Å². The molecule has 6 nitrogen and oxygen atoms in total. The van der Waals surface area contributed by atoms with Crippen molar-refractivity contribution in [3.63, 3.8) is 0 Å². The number of nitrogens with zero attached hydrogens (tertiary/aromatic N) is 3. The second-order valence-electron chi connectivity index (χ2n) is 9.20. The van der Waals surface area contributed by atoms with E-state index >= 15 is 0 Å². The van der Waals surface area contributed by atoms with Gasteiger partial charge in [-0.25, -0.2) is 9.98 Å². The molecule has 2 saturated carbocycles. The number of aliphatic imine (C=N–C) groups is 1. The Morgan fingerprint density at radius 1 is 1.13 bits per heavy atom. The predicted octanol–water partition coefficient (Wildman–Crippen LogP) is 4.34. The molecule has 2 heterocycles. The minimum atomic E-state index is 0. The third-order valence-electron chi connectivity index (χ3n) is 6.69. The Balaban J connectivity index is 0.00000272. The van der Waals surface area contributed by atoms with E-state index in [4.69, 9.17) is 9.73 Å². The summed E-state index contributed by atoms with van der Waals surface area (Å²) in [7, 11) is 0. The van der Waals surface area contributed by atoms with Crippen LogP contribution >= 0.6 is 24.0 Å². The van der Waals surface area contributed by atoms with E-state index in [1.54, 1.807) is 0 Å². The predicted molar refractivity (Wildman–Crippen MR) is 137 cm³/mol. The van der Waals surface area contributed by atoms with Gasteiger partial charge < -0.3 is 20.3 Å². The zero-order chi connectivity index (χ0) is 20.6. The van der Waals surface area contributed by atoms with Gasteiger partial charge in [0.1, 0.15) is 0 Å². The molecule has 0 aromatic carbocycles. The highest BCUT2D eigenvalue weighted by atomic mass is 127. The number of pyridine rings is 1. The summed E-state index contributed by atoms with van der Waals surface area (Å²) >= 11 is 0. The normalized spacial score (nSPS) is 21.4. The summed E-state index contributed by atoms with van der Waals surface area (Å²) < 4.78 is 5.81. The van der Waals surface area contributed by atoms with Crippen LogP contribution in [0.4, 0.5) is 0 Å². The van der Waals surface area contributed by atoms with E-state index in [0.29, 0.717) is 12.6 Å². The van der Waals surface area contributed by atoms with Crippen LogP contribution in [-0.2, 0) is 6.54 Å². The number of halogens is 1. The fraction of sp³-hybridized carbons (Fsp3) is 0.750. The maximum atomic E-state index is 5.81. The summed E-state index contributed by atoms with van der Waals surface area (Å²) in [4.78, 5) is 11.9. The minimum Gasteiger partial charge on any atom is -0.477 e. The lowest BCUT2D eigenvalue weighted by molar-refractivity contribution is 0.119. The molecule has 1 aromatic heterocycles. The lowest BCUT2D eigenvalue weighted by Gasteiger charge is -2.39. The molecule has 31 heavy (non-hydrogen) atoms. The van der Waals surface area contributed by atoms with Gasteiger partial charge in [-0.1, -0.05) is 19.3 Å². The van der Waals surface area contributed by atoms with Crippen LogP contribution in [0.2, 0.25) is 0 Å². The molecule has 0 unspecified atom stereocenters. The number of likely N-dealkylation sites (tertiary alicyclic amines) is 1. The molecule has 1 aromatic rings. The second-order valence-corrected chi connectivity index (χ2v) is 9.20. The van der Waals surface area contributed by atoms with E-state index in [1.165, 1.54) is 70.9 Å². The highest BCUT2D eigenvalue weighted by Gasteiger charge is 2.26. The van der Waals surface area contributed by atoms with Crippen molar-refractivity contribution in [1.29, 1.82) is 0 Å². The first kappa shape index (κ1) is 24.6. The molecule has 0 radical (unpaired) electrons. The lowest BCUT2D eigenvalue weighted by Crippen LogP contribution is -2.50. The summed E-state index contributed by atoms with van der Waals surface area (Å²) in [6, 6.07) is 5.40. The zero-order valence-electron chi connectivity index (χ0n) is 19.0. The van der Waals surface area contributed by atoms with Gasteiger partial charge in [-0.3, -0.25) is 0 Å². The van der Waals surface area contributed by atoms with Gasteiger partial charge in [0.05, 0.1) is 13.2 Å². The average Bonchev–Trinajstić information content (AvgIpc) is 3.62. The third-order valence-corrected chi connectivity index (χ3v) is 6.69. The number of piperidine rings is 1. The van der Waals surface area contributed by atoms with Gasteiger partial charge in [0.25, 0.3) is 0 Å². The maximum absolute atomic E-state index is 5.81. The van der Waals surface area contributed by atoms with Gasteiger partial charge in [-0.15, -0.1) is 24.0 Å². The number of hydrogen-bond donors (Lipinski definition) is 2. The Kier molecular flexibility index (Phi) is 10.2. The fourth-order valence-corrected chi connectivity index (χ4v) is 4.65. The summed E-state index contributed by atoms with van der Waals surface area (Å²) in [6.07, 6.45) is 13.9. The first-order valence-corrected chi connectivity index (χ1v) is 12.2. The molecule has 7 heteroatoms. The molecular formula is C24H40IN5O. The van der Waals surface area contributed by atoms with E-state index in [1.807, 2.05) is 18.3 Å². The second kappa shape index (κ2) is 12.8. The molecule has 0 amide bonds. The molecule has 0 spiro atoms. The monoisotopic (exact) mass is 541 g/mol. The topological polar surface area (TPSA) is 61.8 Å². The van der Waals surface area contributed by atoms with E-state index in [2.05, 4.69) is 27.4 Å². The number of hydrogen-bond acceptors (Lipinski definition) is 4. The van der Waals surface area contributed by atoms with Gasteiger partial charge >= 0.3 is 0 Å². The van der Waals surface area contributed by atoms with E-state index < -0.39 is 0 Å². The van der Waals surface area contributed by atoms with Crippen LogP contribution in [0.3, 0.4) is 0 Å². The van der Waals surface area contributed by atoms with Crippen LogP contribution in [0.1, 0.15) is 70.3 Å². The molecular weight excluding hydrogens is 501 g/mol. The number of aromatic nitrogens is 1. The molecule has 0 atom stereocenters. The highest BCUT2D eigenvalue weighted by molar-refractivity contribution is 14.0. The van der Waals surface area contributed by atoms with Crippen LogP contribution in [0, 0.1) is 5.92 Å². The van der Waals surface area contributed by atoms with Crippen LogP contribution in [0.15, 0.2) is 23.3 Å². The van der Waals surface area contributed by atoms with Crippen molar-refractivity contribution >= 4 is 29.9 Å². The highest BCUT2D eigenvalue weighted by Crippen LogP contribution is 2.29. The lowest BCUT2D eigenvalue weighted by atomic mass is 9.92. The molecule has 2 aliphatic carbocycles. The van der Waals surface area contributed by atoms with Crippen molar-refractivity contribution in [1.82, 2.24) is 20.5 Å².